The van der Waals surface area contributed by atoms with Crippen LogP contribution in [0.4, 0.5) is 0 Å². The van der Waals surface area contributed by atoms with E-state index in [-0.39, 0.29) is 0 Å². The normalized spacial score (nSPS) is 7.50. The van der Waals surface area contributed by atoms with Gasteiger partial charge in [-0.2, -0.15) is 0 Å². The molecule has 0 heterocycles. The molecule has 4 heavy (non-hydrogen) atoms. The minimum atomic E-state index is 0.504. The van der Waals surface area contributed by atoms with Crippen molar-refractivity contribution in [1.29, 1.82) is 0 Å². The Hall–Kier alpha value is 1.66. The Kier molecular flexibility index (Phi) is 6.60. The molecular weight excluding hydrogens is 358 g/mol. The average molecular weight is 360 g/mol. The third-order valence-corrected chi connectivity index (χ3v) is 8.04. The van der Waals surface area contributed by atoms with E-state index in [1.54, 1.807) is 0 Å². The van der Waals surface area contributed by atoms with Crippen molar-refractivity contribution in [2.45, 2.75) is 0 Å². The summed E-state index contributed by atoms with van der Waals surface area (Å²) in [4.78, 5) is 0. The molecule has 0 rings (SSSR count). The van der Waals surface area contributed by atoms with Crippen LogP contribution in [0, 0.1) is 0 Å². The van der Waals surface area contributed by atoms with Crippen LogP contribution >= 0.6 is 0 Å². The first-order valence-corrected chi connectivity index (χ1v) is 12.3. The van der Waals surface area contributed by atoms with Crippen LogP contribution in [0.5, 0.6) is 0 Å². The molecule has 0 aliphatic heterocycles. The first-order chi connectivity index (χ1) is 1.91. The number of hydrogen-bond acceptors (Lipinski definition) is 1. The minimum absolute atomic E-state index is 0.504. The maximum atomic E-state index is 5.13. The summed E-state index contributed by atoms with van der Waals surface area (Å²) in [6.07, 6.45) is 0. The van der Waals surface area contributed by atoms with Crippen LogP contribution in [0.3, 0.4) is 0 Å². The van der Waals surface area contributed by atoms with E-state index in [2.05, 4.69) is 0 Å². The third-order valence-electron chi connectivity index (χ3n) is 0.0364. The first-order valence-electron chi connectivity index (χ1n) is 0.557. The molecule has 0 bridgehead atoms. The van der Waals surface area contributed by atoms with Gasteiger partial charge in [0.05, 0.1) is 0 Å². The molecular formula is H2NReSe2. The van der Waals surface area contributed by atoms with E-state index in [1.165, 1.54) is 0 Å². The van der Waals surface area contributed by atoms with Crippen molar-refractivity contribution in [2.75, 3.05) is 0 Å². The zero-order valence-corrected chi connectivity index (χ0v) is 7.91. The van der Waals surface area contributed by atoms with Gasteiger partial charge in [-0.15, -0.1) is 0 Å². The van der Waals surface area contributed by atoms with Gasteiger partial charge in [0.15, 0.2) is 0 Å². The van der Waals surface area contributed by atoms with E-state index < -0.39 is 0 Å². The van der Waals surface area contributed by atoms with Crippen molar-refractivity contribution < 1.29 is 17.2 Å². The summed E-state index contributed by atoms with van der Waals surface area (Å²) < 4.78 is 5.13. The molecule has 0 aromatic rings. The quantitative estimate of drug-likeness (QED) is 0.575. The van der Waals surface area contributed by atoms with Gasteiger partial charge in [0.2, 0.25) is 0 Å². The second-order valence-corrected chi connectivity index (χ2v) is 16.5. The van der Waals surface area contributed by atoms with E-state index in [9.17, 15) is 0 Å². The van der Waals surface area contributed by atoms with Crippen LogP contribution < -0.4 is 4.75 Å². The molecule has 0 unspecified atom stereocenters. The zero-order valence-electron chi connectivity index (χ0n) is 1.77. The van der Waals surface area contributed by atoms with Gasteiger partial charge in [0, 0.05) is 0 Å². The Morgan fingerprint density at radius 1 is 1.75 bits per heavy atom. The topological polar surface area (TPSA) is 26.0 Å². The summed E-state index contributed by atoms with van der Waals surface area (Å²) in [6, 6.07) is 0. The number of rotatable bonds is 1. The van der Waals surface area contributed by atoms with E-state index in [0.717, 1.165) is 10.6 Å². The molecule has 26 valence electrons. The maximum absolute atomic E-state index is 5.13. The molecule has 0 amide bonds. The SMILES string of the molecule is N[Se][Se][Re]. The summed E-state index contributed by atoms with van der Waals surface area (Å²) in [7, 11) is 0.812. The molecule has 0 saturated carbocycles. The molecule has 1 nitrogen and oxygen atoms in total. The Morgan fingerprint density at radius 3 is 2.00 bits per heavy atom. The molecule has 0 aliphatic rings. The first kappa shape index (κ1) is 5.66. The average Bonchev–Trinajstić information content (AvgIpc) is 1.37. The van der Waals surface area contributed by atoms with E-state index in [1.807, 2.05) is 17.2 Å². The predicted molar refractivity (Wildman–Crippen MR) is 15.7 cm³/mol. The van der Waals surface area contributed by atoms with Crippen molar-refractivity contribution >= 4 is 24.0 Å². The molecule has 2 N–H and O–H groups in total. The van der Waals surface area contributed by atoms with Crippen LogP contribution in [0.1, 0.15) is 0 Å². The molecule has 0 radical (unpaired) electrons. The Labute approximate surface area is 45.7 Å². The molecule has 0 fully saturated rings. The fourth-order valence-electron chi connectivity index (χ4n) is 0. The summed E-state index contributed by atoms with van der Waals surface area (Å²) >= 11 is 2.33. The van der Waals surface area contributed by atoms with E-state index in [4.69, 9.17) is 4.75 Å². The van der Waals surface area contributed by atoms with E-state index >= 15 is 0 Å². The second-order valence-electron chi connectivity index (χ2n) is 0.159. The summed E-state index contributed by atoms with van der Waals surface area (Å²) in [5.74, 6) is 0. The van der Waals surface area contributed by atoms with Gasteiger partial charge in [0.25, 0.3) is 0 Å². The van der Waals surface area contributed by atoms with Gasteiger partial charge in [-0.1, -0.05) is 0 Å². The molecule has 0 saturated heterocycles. The Morgan fingerprint density at radius 2 is 2.00 bits per heavy atom. The van der Waals surface area contributed by atoms with E-state index in [0.29, 0.717) is 13.3 Å². The molecule has 0 atom stereocenters. The Bertz CT molecular complexity index is 8.00. The van der Waals surface area contributed by atoms with Crippen molar-refractivity contribution in [2.24, 2.45) is 4.75 Å². The predicted octanol–water partition coefficient (Wildman–Crippen LogP) is -1.35. The van der Waals surface area contributed by atoms with Crippen LogP contribution in [-0.4, -0.2) is 24.0 Å². The Balaban J connectivity index is 1.97. The van der Waals surface area contributed by atoms with Crippen molar-refractivity contribution in [3.63, 3.8) is 0 Å². The van der Waals surface area contributed by atoms with Gasteiger partial charge in [-0.05, 0) is 0 Å². The molecule has 4 heteroatoms. The third kappa shape index (κ3) is 3.66. The molecule has 0 spiro atoms. The van der Waals surface area contributed by atoms with Crippen molar-refractivity contribution in [1.82, 2.24) is 0 Å². The van der Waals surface area contributed by atoms with Crippen molar-refractivity contribution in [3.05, 3.63) is 0 Å². The van der Waals surface area contributed by atoms with Gasteiger partial charge in [-0.3, -0.25) is 0 Å². The summed E-state index contributed by atoms with van der Waals surface area (Å²) in [5, 5.41) is 0. The van der Waals surface area contributed by atoms with Gasteiger partial charge in [0.1, 0.15) is 0 Å². The summed E-state index contributed by atoms with van der Waals surface area (Å²) in [5.41, 5.74) is 0. The fourth-order valence-corrected chi connectivity index (χ4v) is 0. The number of hydrogen-bond donors (Lipinski definition) is 1. The van der Waals surface area contributed by atoms with Gasteiger partial charge >= 0.3 is 45.9 Å². The van der Waals surface area contributed by atoms with Crippen LogP contribution in [-0.2, 0) is 17.2 Å². The number of nitrogens with two attached hydrogens (primary N) is 1. The van der Waals surface area contributed by atoms with Crippen LogP contribution in [0.2, 0.25) is 0 Å². The van der Waals surface area contributed by atoms with Crippen LogP contribution in [0.25, 0.3) is 0 Å². The molecule has 0 aromatic heterocycles. The van der Waals surface area contributed by atoms with Crippen molar-refractivity contribution in [3.8, 4) is 0 Å². The van der Waals surface area contributed by atoms with Crippen LogP contribution in [0.15, 0.2) is 0 Å². The fraction of sp³-hybridized carbons (Fsp3) is 0. The molecule has 0 aromatic carbocycles. The van der Waals surface area contributed by atoms with Gasteiger partial charge < -0.3 is 0 Å². The monoisotopic (exact) mass is 363 g/mol. The second kappa shape index (κ2) is 4.66. The molecule has 0 aliphatic carbocycles. The zero-order chi connectivity index (χ0) is 3.41. The van der Waals surface area contributed by atoms with Gasteiger partial charge in [-0.25, -0.2) is 0 Å². The standard InChI is InChI=1S/H3NSe2.Re/c1-3-2;/h2H,1H2;/q;+1/p-1. The summed E-state index contributed by atoms with van der Waals surface area (Å²) in [6.45, 7) is 0.